The smallest absolute Gasteiger partial charge is 0.315 e. The first kappa shape index (κ1) is 40.5. The zero-order valence-electron chi connectivity index (χ0n) is 32.7. The molecule has 294 valence electrons. The van der Waals surface area contributed by atoms with E-state index in [2.05, 4.69) is 35.1 Å². The lowest BCUT2D eigenvalue weighted by molar-refractivity contribution is -0.146. The highest BCUT2D eigenvalue weighted by Crippen LogP contribution is 2.65. The van der Waals surface area contributed by atoms with Crippen molar-refractivity contribution >= 4 is 39.4 Å². The molecule has 0 aromatic rings. The summed E-state index contributed by atoms with van der Waals surface area (Å²) >= 11 is 0. The van der Waals surface area contributed by atoms with Crippen LogP contribution in [0, 0.1) is 22.7 Å². The molecule has 1 aliphatic heterocycles. The molecule has 5 fully saturated rings. The lowest BCUT2D eigenvalue weighted by atomic mass is 9.70. The van der Waals surface area contributed by atoms with Crippen molar-refractivity contribution < 1.29 is 32.4 Å². The first-order valence-corrected chi connectivity index (χ1v) is 21.7. The number of hydrogen-bond acceptors (Lipinski definition) is 7. The number of likely N-dealkylation sites (tertiary alicyclic amines) is 1. The predicted octanol–water partition coefficient (Wildman–Crippen LogP) is 4.55. The summed E-state index contributed by atoms with van der Waals surface area (Å²) in [7, 11) is -3.57. The van der Waals surface area contributed by atoms with Gasteiger partial charge in [-0.15, -0.1) is 0 Å². The van der Waals surface area contributed by atoms with Crippen LogP contribution in [0.2, 0.25) is 0 Å². The third-order valence-electron chi connectivity index (χ3n) is 13.7. The molecule has 1 saturated heterocycles. The summed E-state index contributed by atoms with van der Waals surface area (Å²) in [6.45, 7) is 13.8. The van der Waals surface area contributed by atoms with Crippen molar-refractivity contribution in [3.05, 3.63) is 0 Å². The SMILES string of the molecule is CCCC(NC(=O)[C@@H]1[C@@H]2[C@H](CN1C(=O)[C@@H](NC(=O)NC1(CS(=O)(=O)C(C)(C)CC)CCCCC1)C1(C)CCCCC1)C2(C)C)C(=O)C(=O)NC1CC1. The number of fused-ring (bicyclic) bond motifs is 1. The molecule has 5 amide bonds. The van der Waals surface area contributed by atoms with Crippen LogP contribution in [0.25, 0.3) is 0 Å². The molecule has 0 radical (unpaired) electrons. The van der Waals surface area contributed by atoms with Gasteiger partial charge in [0.1, 0.15) is 12.1 Å². The number of amides is 5. The maximum atomic E-state index is 14.9. The van der Waals surface area contributed by atoms with Crippen molar-refractivity contribution in [2.24, 2.45) is 22.7 Å². The van der Waals surface area contributed by atoms with Crippen LogP contribution in [-0.2, 0) is 29.0 Å². The fourth-order valence-corrected chi connectivity index (χ4v) is 11.3. The Balaban J connectivity index is 1.39. The number of carbonyl (C=O) groups excluding carboxylic acids is 5. The first-order chi connectivity index (χ1) is 24.3. The molecule has 5 rings (SSSR count). The largest absolute Gasteiger partial charge is 0.347 e. The van der Waals surface area contributed by atoms with E-state index in [-0.39, 0.29) is 35.0 Å². The number of rotatable bonds is 15. The monoisotopic (exact) mass is 747 g/mol. The average Bonchev–Trinajstić information content (AvgIpc) is 3.93. The molecular formula is C39H65N5O7S. The average molecular weight is 748 g/mol. The van der Waals surface area contributed by atoms with E-state index >= 15 is 0 Å². The second-order valence-corrected chi connectivity index (χ2v) is 20.9. The molecule has 5 aliphatic rings. The minimum Gasteiger partial charge on any atom is -0.347 e. The van der Waals surface area contributed by atoms with Gasteiger partial charge in [0.15, 0.2) is 9.84 Å². The zero-order valence-corrected chi connectivity index (χ0v) is 33.5. The lowest BCUT2D eigenvalue weighted by Crippen LogP contribution is -2.65. The molecule has 1 unspecified atom stereocenters. The topological polar surface area (TPSA) is 171 Å². The summed E-state index contributed by atoms with van der Waals surface area (Å²) in [6.07, 6.45) is 11.0. The Hall–Kier alpha value is -2.70. The van der Waals surface area contributed by atoms with Crippen LogP contribution in [0.1, 0.15) is 145 Å². The van der Waals surface area contributed by atoms with Gasteiger partial charge in [-0.3, -0.25) is 19.2 Å². The summed E-state index contributed by atoms with van der Waals surface area (Å²) in [4.78, 5) is 70.8. The normalized spacial score (nSPS) is 27.4. The molecule has 4 N–H and O–H groups in total. The lowest BCUT2D eigenvalue weighted by Gasteiger charge is -2.44. The number of hydrogen-bond donors (Lipinski definition) is 4. The Morgan fingerprint density at radius 1 is 0.865 bits per heavy atom. The number of carbonyl (C=O) groups is 5. The maximum absolute atomic E-state index is 14.9. The van der Waals surface area contributed by atoms with Crippen molar-refractivity contribution in [2.75, 3.05) is 12.3 Å². The van der Waals surface area contributed by atoms with E-state index in [0.717, 1.165) is 64.2 Å². The van der Waals surface area contributed by atoms with Crippen LogP contribution in [-0.4, -0.2) is 89.6 Å². The Morgan fingerprint density at radius 2 is 1.46 bits per heavy atom. The van der Waals surface area contributed by atoms with Crippen molar-refractivity contribution in [3.8, 4) is 0 Å². The van der Waals surface area contributed by atoms with Crippen LogP contribution in [0.15, 0.2) is 0 Å². The van der Waals surface area contributed by atoms with Gasteiger partial charge in [0.25, 0.3) is 5.91 Å². The highest BCUT2D eigenvalue weighted by Gasteiger charge is 2.70. The third-order valence-corrected chi connectivity index (χ3v) is 16.6. The number of piperidine rings is 1. The third kappa shape index (κ3) is 8.33. The Labute approximate surface area is 311 Å². The number of sulfone groups is 1. The van der Waals surface area contributed by atoms with Gasteiger partial charge in [0, 0.05) is 12.6 Å². The van der Waals surface area contributed by atoms with Crippen LogP contribution >= 0.6 is 0 Å². The fraction of sp³-hybridized carbons (Fsp3) is 0.872. The van der Waals surface area contributed by atoms with Crippen LogP contribution in [0.5, 0.6) is 0 Å². The van der Waals surface area contributed by atoms with Gasteiger partial charge in [-0.2, -0.15) is 0 Å². The van der Waals surface area contributed by atoms with Crippen molar-refractivity contribution in [3.63, 3.8) is 0 Å². The molecule has 0 aromatic heterocycles. The minimum absolute atomic E-state index is 0.00811. The molecule has 0 aromatic carbocycles. The molecule has 4 aliphatic carbocycles. The predicted molar refractivity (Wildman–Crippen MR) is 200 cm³/mol. The summed E-state index contributed by atoms with van der Waals surface area (Å²) in [5.41, 5.74) is -1.71. The molecule has 1 heterocycles. The van der Waals surface area contributed by atoms with Gasteiger partial charge >= 0.3 is 6.03 Å². The summed E-state index contributed by atoms with van der Waals surface area (Å²) < 4.78 is 26.4. The van der Waals surface area contributed by atoms with E-state index in [0.29, 0.717) is 38.6 Å². The van der Waals surface area contributed by atoms with Gasteiger partial charge in [0.2, 0.25) is 17.6 Å². The van der Waals surface area contributed by atoms with Crippen molar-refractivity contribution in [1.29, 1.82) is 0 Å². The van der Waals surface area contributed by atoms with Crippen LogP contribution < -0.4 is 21.3 Å². The molecule has 5 atom stereocenters. The highest BCUT2D eigenvalue weighted by molar-refractivity contribution is 7.92. The zero-order chi connectivity index (χ0) is 38.3. The van der Waals surface area contributed by atoms with Crippen molar-refractivity contribution in [1.82, 2.24) is 26.2 Å². The summed E-state index contributed by atoms with van der Waals surface area (Å²) in [5.74, 6) is -2.33. The molecule has 0 spiro atoms. The van der Waals surface area contributed by atoms with E-state index < -0.39 is 67.3 Å². The fourth-order valence-electron chi connectivity index (χ4n) is 9.34. The first-order valence-electron chi connectivity index (χ1n) is 20.1. The summed E-state index contributed by atoms with van der Waals surface area (Å²) in [5, 5.41) is 11.8. The quantitative estimate of drug-likeness (QED) is 0.178. The number of ketones is 1. The van der Waals surface area contributed by atoms with Crippen LogP contribution in [0.3, 0.4) is 0 Å². The Kier molecular flexibility index (Phi) is 11.8. The number of Topliss-reactive ketones (excluding diaryl/α,β-unsaturated/α-hetero) is 1. The number of nitrogens with zero attached hydrogens (tertiary/aromatic N) is 1. The highest BCUT2D eigenvalue weighted by atomic mass is 32.2. The Morgan fingerprint density at radius 3 is 2.02 bits per heavy atom. The molecule has 0 bridgehead atoms. The molecule has 4 saturated carbocycles. The minimum atomic E-state index is -3.57. The van der Waals surface area contributed by atoms with Gasteiger partial charge in [-0.1, -0.05) is 79.6 Å². The maximum Gasteiger partial charge on any atom is 0.315 e. The van der Waals surface area contributed by atoms with E-state index in [1.54, 1.807) is 18.7 Å². The summed E-state index contributed by atoms with van der Waals surface area (Å²) in [6, 6.07) is -3.33. The van der Waals surface area contributed by atoms with Gasteiger partial charge in [0.05, 0.1) is 22.1 Å². The van der Waals surface area contributed by atoms with E-state index in [4.69, 9.17) is 0 Å². The molecule has 52 heavy (non-hydrogen) atoms. The van der Waals surface area contributed by atoms with E-state index in [1.165, 1.54) is 0 Å². The van der Waals surface area contributed by atoms with E-state index in [9.17, 15) is 32.4 Å². The van der Waals surface area contributed by atoms with E-state index in [1.807, 2.05) is 20.8 Å². The Bertz CT molecular complexity index is 1490. The second kappa shape index (κ2) is 15.2. The molecular weight excluding hydrogens is 683 g/mol. The van der Waals surface area contributed by atoms with Gasteiger partial charge in [-0.05, 0) is 87.9 Å². The number of nitrogens with one attached hydrogen (secondary N) is 4. The second-order valence-electron chi connectivity index (χ2n) is 18.3. The number of urea groups is 1. The standard InChI is InChI=1S/C39H65N5O7S/c1-8-16-27(30(45)33(47)40-25-17-18-25)41-32(46)29-28-26(37(28,5)6)23-44(29)34(48)31(38(7)19-12-10-13-20-38)42-35(49)43-39(21-14-11-15-22-39)24-52(50,51)36(3,4)9-2/h25-29,31H,8-24H2,1-7H3,(H,40,47)(H,41,46)(H2,42,43,49)/t26-,27?,28-,29-,31+/m0/s1. The van der Waals surface area contributed by atoms with Gasteiger partial charge < -0.3 is 26.2 Å². The van der Waals surface area contributed by atoms with Gasteiger partial charge in [-0.25, -0.2) is 13.2 Å². The van der Waals surface area contributed by atoms with Crippen LogP contribution in [0.4, 0.5) is 4.79 Å². The molecule has 13 heteroatoms. The van der Waals surface area contributed by atoms with Crippen molar-refractivity contribution in [2.45, 2.75) is 179 Å². The molecule has 12 nitrogen and oxygen atoms in total.